The molecule has 2 rings (SSSR count). The van der Waals surface area contributed by atoms with E-state index >= 15 is 0 Å². The van der Waals surface area contributed by atoms with Gasteiger partial charge in [0.2, 0.25) is 0 Å². The maximum Gasteiger partial charge on any atom is 0.255 e. The molecule has 1 unspecified atom stereocenters. The number of carbonyl (C=O) groups is 1. The van der Waals surface area contributed by atoms with Gasteiger partial charge in [-0.1, -0.05) is 0 Å². The Morgan fingerprint density at radius 3 is 3.12 bits per heavy atom. The predicted octanol–water partition coefficient (Wildman–Crippen LogP) is 0.0284. The largest absolute Gasteiger partial charge is 0.384 e. The average molecular weight is 232 g/mol. The molecular weight excluding hydrogens is 220 g/mol. The van der Waals surface area contributed by atoms with Crippen molar-refractivity contribution in [2.75, 3.05) is 25.4 Å². The van der Waals surface area contributed by atoms with Crippen LogP contribution < -0.4 is 5.73 Å². The number of nitrogens with zero attached hydrogens (tertiary/aromatic N) is 3. The van der Waals surface area contributed by atoms with Crippen LogP contribution in [0.15, 0.2) is 18.3 Å². The van der Waals surface area contributed by atoms with Gasteiger partial charge >= 0.3 is 0 Å². The van der Waals surface area contributed by atoms with Crippen LogP contribution in [-0.2, 0) is 4.74 Å². The lowest BCUT2D eigenvalue weighted by Gasteiger charge is -2.29. The van der Waals surface area contributed by atoms with Crippen LogP contribution in [0.1, 0.15) is 10.4 Å². The molecule has 0 aromatic carbocycles. The molecule has 1 fully saturated rings. The predicted molar refractivity (Wildman–Crippen MR) is 59.9 cm³/mol. The number of pyridine rings is 1. The van der Waals surface area contributed by atoms with E-state index in [0.717, 1.165) is 0 Å². The van der Waals surface area contributed by atoms with Gasteiger partial charge in [0.25, 0.3) is 5.91 Å². The quantitative estimate of drug-likeness (QED) is 0.737. The summed E-state index contributed by atoms with van der Waals surface area (Å²) in [6.45, 7) is 1.16. The second-order valence-electron chi connectivity index (χ2n) is 3.71. The number of aromatic nitrogens is 1. The molecule has 6 heteroatoms. The Balaban J connectivity index is 2.09. The maximum absolute atomic E-state index is 12.1. The first-order valence-electron chi connectivity index (χ1n) is 5.22. The van der Waals surface area contributed by atoms with Crippen LogP contribution in [0.4, 0.5) is 5.82 Å². The van der Waals surface area contributed by atoms with E-state index in [1.54, 1.807) is 17.0 Å². The Bertz CT molecular complexity index is 452. The van der Waals surface area contributed by atoms with Gasteiger partial charge in [-0.05, 0) is 12.1 Å². The summed E-state index contributed by atoms with van der Waals surface area (Å²) in [6, 6.07) is 5.20. The first-order chi connectivity index (χ1) is 8.20. The van der Waals surface area contributed by atoms with Gasteiger partial charge < -0.3 is 15.4 Å². The van der Waals surface area contributed by atoms with Crippen LogP contribution in [-0.4, -0.2) is 41.6 Å². The van der Waals surface area contributed by atoms with E-state index in [4.69, 9.17) is 15.7 Å². The number of hydrogen-bond acceptors (Lipinski definition) is 5. The van der Waals surface area contributed by atoms with E-state index in [-0.39, 0.29) is 5.91 Å². The van der Waals surface area contributed by atoms with Crippen molar-refractivity contribution in [3.8, 4) is 6.07 Å². The third-order valence-electron chi connectivity index (χ3n) is 2.53. The summed E-state index contributed by atoms with van der Waals surface area (Å²) >= 11 is 0. The summed E-state index contributed by atoms with van der Waals surface area (Å²) in [4.78, 5) is 17.5. The molecule has 17 heavy (non-hydrogen) atoms. The molecule has 0 bridgehead atoms. The highest BCUT2D eigenvalue weighted by molar-refractivity contribution is 5.94. The first-order valence-corrected chi connectivity index (χ1v) is 5.22. The number of morpholine rings is 1. The molecule has 1 aromatic heterocycles. The Hall–Kier alpha value is -2.13. The smallest absolute Gasteiger partial charge is 0.255 e. The van der Waals surface area contributed by atoms with E-state index in [0.29, 0.717) is 31.1 Å². The molecule has 2 N–H and O–H groups in total. The third-order valence-corrected chi connectivity index (χ3v) is 2.53. The van der Waals surface area contributed by atoms with Gasteiger partial charge in [-0.3, -0.25) is 4.79 Å². The molecule has 0 saturated carbocycles. The fourth-order valence-corrected chi connectivity index (χ4v) is 1.63. The summed E-state index contributed by atoms with van der Waals surface area (Å²) in [5, 5.41) is 8.76. The van der Waals surface area contributed by atoms with Gasteiger partial charge in [-0.15, -0.1) is 0 Å². The van der Waals surface area contributed by atoms with Crippen LogP contribution in [0.25, 0.3) is 0 Å². The lowest BCUT2D eigenvalue weighted by Crippen LogP contribution is -2.45. The fraction of sp³-hybridized carbons (Fsp3) is 0.364. The number of nitriles is 1. The molecule has 0 spiro atoms. The Morgan fingerprint density at radius 1 is 1.65 bits per heavy atom. The Kier molecular flexibility index (Phi) is 3.21. The van der Waals surface area contributed by atoms with Gasteiger partial charge in [0.15, 0.2) is 6.10 Å². The highest BCUT2D eigenvalue weighted by Crippen LogP contribution is 2.10. The van der Waals surface area contributed by atoms with Crippen molar-refractivity contribution in [3.63, 3.8) is 0 Å². The zero-order valence-electron chi connectivity index (χ0n) is 9.17. The van der Waals surface area contributed by atoms with E-state index in [9.17, 15) is 4.79 Å². The highest BCUT2D eigenvalue weighted by atomic mass is 16.5. The summed E-state index contributed by atoms with van der Waals surface area (Å²) < 4.78 is 5.17. The van der Waals surface area contributed by atoms with Gasteiger partial charge in [-0.25, -0.2) is 4.98 Å². The molecule has 1 atom stereocenters. The highest BCUT2D eigenvalue weighted by Gasteiger charge is 2.24. The standard InChI is InChI=1S/C11H12N4O2/c12-5-9-7-15(3-4-17-9)11(16)8-1-2-10(13)14-6-8/h1-2,6,9H,3-4,7H2,(H2,13,14). The normalized spacial score (nSPS) is 19.7. The minimum absolute atomic E-state index is 0.152. The van der Waals surface area contributed by atoms with E-state index in [1.807, 2.05) is 6.07 Å². The van der Waals surface area contributed by atoms with Gasteiger partial charge in [0.05, 0.1) is 24.8 Å². The summed E-state index contributed by atoms with van der Waals surface area (Å²) in [6.07, 6.45) is 0.892. The first kappa shape index (κ1) is 11.4. The Morgan fingerprint density at radius 2 is 2.47 bits per heavy atom. The zero-order chi connectivity index (χ0) is 12.3. The van der Waals surface area contributed by atoms with Crippen molar-refractivity contribution in [3.05, 3.63) is 23.9 Å². The number of nitrogens with two attached hydrogens (primary N) is 1. The number of anilines is 1. The molecule has 1 aliphatic rings. The molecule has 1 aliphatic heterocycles. The molecule has 0 aliphatic carbocycles. The second-order valence-corrected chi connectivity index (χ2v) is 3.71. The van der Waals surface area contributed by atoms with Crippen molar-refractivity contribution in [2.24, 2.45) is 0 Å². The molecule has 2 heterocycles. The van der Waals surface area contributed by atoms with E-state index < -0.39 is 6.10 Å². The molecule has 1 aromatic rings. The number of ether oxygens (including phenoxy) is 1. The van der Waals surface area contributed by atoms with Crippen molar-refractivity contribution >= 4 is 11.7 Å². The van der Waals surface area contributed by atoms with E-state index in [1.165, 1.54) is 6.20 Å². The fourth-order valence-electron chi connectivity index (χ4n) is 1.63. The minimum atomic E-state index is -0.547. The molecule has 1 amide bonds. The number of nitrogen functional groups attached to an aromatic ring is 1. The SMILES string of the molecule is N#CC1CN(C(=O)c2ccc(N)nc2)CCO1. The Labute approximate surface area is 98.6 Å². The van der Waals surface area contributed by atoms with Crippen LogP contribution in [0.3, 0.4) is 0 Å². The van der Waals surface area contributed by atoms with Crippen molar-refractivity contribution in [2.45, 2.75) is 6.10 Å². The van der Waals surface area contributed by atoms with Crippen molar-refractivity contribution in [1.82, 2.24) is 9.88 Å². The average Bonchev–Trinajstić information content (AvgIpc) is 2.39. The monoisotopic (exact) mass is 232 g/mol. The van der Waals surface area contributed by atoms with Crippen LogP contribution in [0.5, 0.6) is 0 Å². The number of hydrogen-bond donors (Lipinski definition) is 1. The van der Waals surface area contributed by atoms with Gasteiger partial charge in [0, 0.05) is 12.7 Å². The lowest BCUT2D eigenvalue weighted by molar-refractivity contribution is 0.00345. The number of rotatable bonds is 1. The van der Waals surface area contributed by atoms with E-state index in [2.05, 4.69) is 4.98 Å². The summed E-state index contributed by atoms with van der Waals surface area (Å²) in [5.74, 6) is 0.222. The second kappa shape index (κ2) is 4.80. The third kappa shape index (κ3) is 2.52. The van der Waals surface area contributed by atoms with Gasteiger partial charge in [-0.2, -0.15) is 5.26 Å². The van der Waals surface area contributed by atoms with Gasteiger partial charge in [0.1, 0.15) is 5.82 Å². The van der Waals surface area contributed by atoms with Crippen molar-refractivity contribution in [1.29, 1.82) is 5.26 Å². The number of amides is 1. The minimum Gasteiger partial charge on any atom is -0.384 e. The van der Waals surface area contributed by atoms with Crippen LogP contribution in [0, 0.1) is 11.3 Å². The molecule has 0 radical (unpaired) electrons. The molecule has 88 valence electrons. The summed E-state index contributed by atoms with van der Waals surface area (Å²) in [5.41, 5.74) is 5.92. The topological polar surface area (TPSA) is 92.2 Å². The van der Waals surface area contributed by atoms with Crippen LogP contribution in [0.2, 0.25) is 0 Å². The lowest BCUT2D eigenvalue weighted by atomic mass is 10.2. The number of carbonyl (C=O) groups excluding carboxylic acids is 1. The van der Waals surface area contributed by atoms with Crippen molar-refractivity contribution < 1.29 is 9.53 Å². The maximum atomic E-state index is 12.1. The molecular formula is C11H12N4O2. The molecule has 1 saturated heterocycles. The molecule has 6 nitrogen and oxygen atoms in total. The summed E-state index contributed by atoms with van der Waals surface area (Å²) in [7, 11) is 0. The zero-order valence-corrected chi connectivity index (χ0v) is 9.17. The van der Waals surface area contributed by atoms with Crippen LogP contribution >= 0.6 is 0 Å².